The molecule has 1 aromatic heterocycles. The number of hydrogen-bond acceptors (Lipinski definition) is 0. The summed E-state index contributed by atoms with van der Waals surface area (Å²) in [7, 11) is 0. The van der Waals surface area contributed by atoms with E-state index in [0.717, 1.165) is 6.54 Å². The molecule has 0 unspecified atom stereocenters. The number of nitrogens with zero attached hydrogens (tertiary/aromatic N) is 1. The molecule has 0 saturated carbocycles. The maximum Gasteiger partial charge on any atom is 0.0271 e. The average molecular weight is 308 g/mol. The van der Waals surface area contributed by atoms with E-state index in [1.165, 1.54) is 11.4 Å². The van der Waals surface area contributed by atoms with E-state index in [1.807, 2.05) is 13.8 Å². The fraction of sp³-hybridized carbons (Fsp3) is 0.810. The molecule has 1 rings (SSSR count). The van der Waals surface area contributed by atoms with Crippen molar-refractivity contribution in [2.75, 3.05) is 0 Å². The van der Waals surface area contributed by atoms with Gasteiger partial charge in [0.1, 0.15) is 0 Å². The van der Waals surface area contributed by atoms with Gasteiger partial charge in [-0.2, -0.15) is 0 Å². The minimum Gasteiger partial charge on any atom is -0.348 e. The molecule has 0 amide bonds. The van der Waals surface area contributed by atoms with Gasteiger partial charge in [0.25, 0.3) is 0 Å². The van der Waals surface area contributed by atoms with Crippen molar-refractivity contribution in [1.29, 1.82) is 0 Å². The topological polar surface area (TPSA) is 4.93 Å². The Morgan fingerprint density at radius 3 is 1.27 bits per heavy atom. The van der Waals surface area contributed by atoms with E-state index in [0.29, 0.717) is 0 Å². The van der Waals surface area contributed by atoms with Crippen LogP contribution in [0.15, 0.2) is 0 Å². The molecule has 0 atom stereocenters. The minimum atomic E-state index is 0.173. The lowest BCUT2D eigenvalue weighted by Crippen LogP contribution is -2.26. The Kier molecular flexibility index (Phi) is 6.58. The molecular weight excluding hydrogens is 266 g/mol. The van der Waals surface area contributed by atoms with Crippen LogP contribution in [0.2, 0.25) is 0 Å². The van der Waals surface area contributed by atoms with E-state index in [4.69, 9.17) is 0 Å². The predicted molar refractivity (Wildman–Crippen MR) is 102 cm³/mol. The summed E-state index contributed by atoms with van der Waals surface area (Å²) >= 11 is 0. The first-order chi connectivity index (χ1) is 9.73. The Morgan fingerprint density at radius 2 is 1.05 bits per heavy atom. The van der Waals surface area contributed by atoms with Gasteiger partial charge in [-0.1, -0.05) is 76.2 Å². The highest BCUT2D eigenvalue weighted by molar-refractivity contribution is 5.49. The second-order valence-electron chi connectivity index (χ2n) is 9.18. The summed E-state index contributed by atoms with van der Waals surface area (Å²) in [5.74, 6) is 0. The van der Waals surface area contributed by atoms with Gasteiger partial charge in [0.15, 0.2) is 0 Å². The quantitative estimate of drug-likeness (QED) is 0.541. The average Bonchev–Trinajstić information content (AvgIpc) is 2.63. The fourth-order valence-electron chi connectivity index (χ4n) is 3.56. The third kappa shape index (κ3) is 4.18. The Labute approximate surface area is 140 Å². The summed E-state index contributed by atoms with van der Waals surface area (Å²) in [6.07, 6.45) is 0. The zero-order chi connectivity index (χ0) is 18.1. The summed E-state index contributed by atoms with van der Waals surface area (Å²) in [5.41, 5.74) is 6.63. The first-order valence-corrected chi connectivity index (χ1v) is 8.97. The van der Waals surface area contributed by atoms with Crippen molar-refractivity contribution in [3.63, 3.8) is 0 Å². The monoisotopic (exact) mass is 307 g/mol. The summed E-state index contributed by atoms with van der Waals surface area (Å²) < 4.78 is 2.54. The van der Waals surface area contributed by atoms with E-state index in [1.54, 1.807) is 11.1 Å². The van der Waals surface area contributed by atoms with Crippen LogP contribution in [-0.2, 0) is 22.8 Å². The molecule has 1 nitrogen and oxygen atoms in total. The van der Waals surface area contributed by atoms with Gasteiger partial charge >= 0.3 is 0 Å². The maximum absolute atomic E-state index is 2.54. The molecule has 0 bridgehead atoms. The first-order valence-electron chi connectivity index (χ1n) is 8.97. The van der Waals surface area contributed by atoms with Crippen molar-refractivity contribution in [3.8, 4) is 0 Å². The van der Waals surface area contributed by atoms with Gasteiger partial charge in [-0.15, -0.1) is 0 Å². The standard InChI is InChI=1S/C19H35N.C2H6/c1-12-20-13(2)14(17(3,4)5)15(18(6,7)8)16(20)19(9,10)11;1-2/h12H2,1-11H3;1-2H3. The molecular formula is C21H41N. The smallest absolute Gasteiger partial charge is 0.0271 e. The predicted octanol–water partition coefficient (Wildman–Crippen LogP) is 6.74. The Balaban J connectivity index is 0.00000211. The Bertz CT molecular complexity index is 482. The second-order valence-corrected chi connectivity index (χ2v) is 9.18. The third-order valence-corrected chi connectivity index (χ3v) is 4.05. The molecule has 0 aromatic carbocycles. The highest BCUT2D eigenvalue weighted by Crippen LogP contribution is 2.44. The lowest BCUT2D eigenvalue weighted by Gasteiger charge is -2.32. The van der Waals surface area contributed by atoms with E-state index in [9.17, 15) is 0 Å². The zero-order valence-electron chi connectivity index (χ0n) is 17.7. The summed E-state index contributed by atoms with van der Waals surface area (Å²) in [5, 5.41) is 0. The van der Waals surface area contributed by atoms with Crippen LogP contribution in [0.5, 0.6) is 0 Å². The van der Waals surface area contributed by atoms with Crippen LogP contribution in [0.3, 0.4) is 0 Å². The van der Waals surface area contributed by atoms with Gasteiger partial charge < -0.3 is 4.57 Å². The van der Waals surface area contributed by atoms with Gasteiger partial charge in [-0.05, 0) is 35.8 Å². The van der Waals surface area contributed by atoms with Crippen LogP contribution in [0.25, 0.3) is 0 Å². The number of hydrogen-bond donors (Lipinski definition) is 0. The van der Waals surface area contributed by atoms with Crippen molar-refractivity contribution < 1.29 is 0 Å². The molecule has 0 N–H and O–H groups in total. The van der Waals surface area contributed by atoms with Crippen molar-refractivity contribution in [3.05, 3.63) is 22.5 Å². The third-order valence-electron chi connectivity index (χ3n) is 4.05. The lowest BCUT2D eigenvalue weighted by molar-refractivity contribution is 0.482. The Morgan fingerprint density at radius 1 is 0.682 bits per heavy atom. The van der Waals surface area contributed by atoms with E-state index in [-0.39, 0.29) is 16.2 Å². The molecule has 0 fully saturated rings. The van der Waals surface area contributed by atoms with Crippen LogP contribution in [-0.4, -0.2) is 4.57 Å². The van der Waals surface area contributed by atoms with Crippen LogP contribution >= 0.6 is 0 Å². The van der Waals surface area contributed by atoms with Crippen LogP contribution in [0.4, 0.5) is 0 Å². The molecule has 0 radical (unpaired) electrons. The normalized spacial score (nSPS) is 13.0. The molecule has 130 valence electrons. The summed E-state index contributed by atoms with van der Waals surface area (Å²) in [6.45, 7) is 30.7. The zero-order valence-corrected chi connectivity index (χ0v) is 17.7. The van der Waals surface area contributed by atoms with Crippen molar-refractivity contribution in [2.24, 2.45) is 0 Å². The van der Waals surface area contributed by atoms with Gasteiger partial charge in [-0.25, -0.2) is 0 Å². The van der Waals surface area contributed by atoms with Crippen LogP contribution in [0, 0.1) is 6.92 Å². The van der Waals surface area contributed by atoms with Crippen LogP contribution < -0.4 is 0 Å². The summed E-state index contributed by atoms with van der Waals surface area (Å²) in [4.78, 5) is 0. The first kappa shape index (κ1) is 21.3. The lowest BCUT2D eigenvalue weighted by atomic mass is 9.72. The molecule has 0 aliphatic rings. The molecule has 0 spiro atoms. The van der Waals surface area contributed by atoms with Gasteiger partial charge in [0, 0.05) is 23.3 Å². The fourth-order valence-corrected chi connectivity index (χ4v) is 3.56. The second kappa shape index (κ2) is 6.81. The molecule has 0 aliphatic carbocycles. The summed E-state index contributed by atoms with van der Waals surface area (Å²) in [6, 6.07) is 0. The largest absolute Gasteiger partial charge is 0.348 e. The molecule has 0 saturated heterocycles. The van der Waals surface area contributed by atoms with Gasteiger partial charge in [0.05, 0.1) is 0 Å². The van der Waals surface area contributed by atoms with Crippen molar-refractivity contribution in [1.82, 2.24) is 4.57 Å². The highest BCUT2D eigenvalue weighted by Gasteiger charge is 2.37. The van der Waals surface area contributed by atoms with Gasteiger partial charge in [0.2, 0.25) is 0 Å². The number of rotatable bonds is 1. The minimum absolute atomic E-state index is 0.173. The van der Waals surface area contributed by atoms with Crippen molar-refractivity contribution >= 4 is 0 Å². The molecule has 22 heavy (non-hydrogen) atoms. The molecule has 0 aliphatic heterocycles. The molecule has 1 heteroatoms. The molecule has 1 aromatic rings. The Hall–Kier alpha value is -0.720. The van der Waals surface area contributed by atoms with Crippen LogP contribution in [0.1, 0.15) is 106 Å². The maximum atomic E-state index is 2.54. The van der Waals surface area contributed by atoms with E-state index >= 15 is 0 Å². The number of aromatic nitrogens is 1. The van der Waals surface area contributed by atoms with E-state index < -0.39 is 0 Å². The molecule has 1 heterocycles. The highest BCUT2D eigenvalue weighted by atomic mass is 15.0. The van der Waals surface area contributed by atoms with E-state index in [2.05, 4.69) is 80.7 Å². The van der Waals surface area contributed by atoms with Gasteiger partial charge in [-0.3, -0.25) is 0 Å². The SMILES string of the molecule is CC.CCn1c(C)c(C(C)(C)C)c(C(C)(C)C)c1C(C)(C)C. The van der Waals surface area contributed by atoms with Crippen molar-refractivity contribution in [2.45, 2.75) is 113 Å².